The lowest BCUT2D eigenvalue weighted by atomic mass is 9.91. The molecular weight excluding hydrogens is 568 g/mol. The Bertz CT molecular complexity index is 1640. The number of imide groups is 1. The Hall–Kier alpha value is -4.35. The summed E-state index contributed by atoms with van der Waals surface area (Å²) in [6.45, 7) is 1.95. The number of hydrogen-bond donors (Lipinski definition) is 2. The molecule has 2 aliphatic heterocycles. The number of aliphatic hydroxyl groups excluding tert-OH is 1. The van der Waals surface area contributed by atoms with Crippen LogP contribution in [0.15, 0.2) is 96.2 Å². The number of aromatic carboxylic acids is 1. The number of anilines is 1. The van der Waals surface area contributed by atoms with Crippen molar-refractivity contribution in [2.45, 2.75) is 37.1 Å². The zero-order valence-corrected chi connectivity index (χ0v) is 23.9. The van der Waals surface area contributed by atoms with E-state index >= 15 is 0 Å². The SMILES string of the molecule is C[C@@H]1[C@H](CSc2ncccc2C(=O)O)O[C@H](c2ccc(N3C(=O)c4ccccc4C3=O)cc2)O[C@@H]1c1ccc(CO)cc1. The van der Waals surface area contributed by atoms with Gasteiger partial charge in [0.1, 0.15) is 5.03 Å². The number of amides is 2. The molecule has 3 heterocycles. The molecule has 43 heavy (non-hydrogen) atoms. The normalized spacial score (nSPS) is 21.6. The van der Waals surface area contributed by atoms with Gasteiger partial charge in [0.15, 0.2) is 6.29 Å². The van der Waals surface area contributed by atoms with E-state index in [9.17, 15) is 24.6 Å². The van der Waals surface area contributed by atoms with E-state index in [1.165, 1.54) is 17.8 Å². The van der Waals surface area contributed by atoms with Crippen molar-refractivity contribution in [2.75, 3.05) is 10.7 Å². The Kier molecular flexibility index (Phi) is 8.09. The van der Waals surface area contributed by atoms with Gasteiger partial charge in [-0.05, 0) is 47.5 Å². The van der Waals surface area contributed by atoms with Gasteiger partial charge >= 0.3 is 5.97 Å². The number of carbonyl (C=O) groups is 3. The van der Waals surface area contributed by atoms with Gasteiger partial charge in [-0.1, -0.05) is 55.5 Å². The Balaban J connectivity index is 1.26. The lowest BCUT2D eigenvalue weighted by Crippen LogP contribution is -2.38. The molecule has 4 atom stereocenters. The van der Waals surface area contributed by atoms with Crippen LogP contribution in [0.4, 0.5) is 5.69 Å². The molecule has 0 saturated carbocycles. The number of aliphatic hydroxyl groups is 1. The summed E-state index contributed by atoms with van der Waals surface area (Å²) >= 11 is 1.31. The Morgan fingerprint density at radius 3 is 2.16 bits per heavy atom. The van der Waals surface area contributed by atoms with E-state index in [2.05, 4.69) is 4.98 Å². The molecule has 4 aromatic rings. The Morgan fingerprint density at radius 2 is 1.53 bits per heavy atom. The second kappa shape index (κ2) is 12.1. The quantitative estimate of drug-likeness (QED) is 0.196. The van der Waals surface area contributed by atoms with E-state index in [0.29, 0.717) is 33.2 Å². The highest BCUT2D eigenvalue weighted by molar-refractivity contribution is 7.99. The summed E-state index contributed by atoms with van der Waals surface area (Å²) in [7, 11) is 0. The van der Waals surface area contributed by atoms with Crippen LogP contribution < -0.4 is 4.90 Å². The van der Waals surface area contributed by atoms with Crippen molar-refractivity contribution < 1.29 is 34.1 Å². The van der Waals surface area contributed by atoms with Gasteiger partial charge in [-0.2, -0.15) is 0 Å². The monoisotopic (exact) mass is 596 g/mol. The average molecular weight is 597 g/mol. The minimum atomic E-state index is -1.05. The number of hydrogen-bond acceptors (Lipinski definition) is 8. The number of pyridine rings is 1. The highest BCUT2D eigenvalue weighted by atomic mass is 32.2. The summed E-state index contributed by atoms with van der Waals surface area (Å²) in [5, 5.41) is 19.5. The topological polar surface area (TPSA) is 126 Å². The zero-order valence-electron chi connectivity index (χ0n) is 23.1. The van der Waals surface area contributed by atoms with Crippen molar-refractivity contribution in [1.29, 1.82) is 0 Å². The van der Waals surface area contributed by atoms with Gasteiger partial charge in [-0.15, -0.1) is 11.8 Å². The van der Waals surface area contributed by atoms with E-state index in [0.717, 1.165) is 16.0 Å². The smallest absolute Gasteiger partial charge is 0.338 e. The first-order valence-electron chi connectivity index (χ1n) is 13.7. The minimum Gasteiger partial charge on any atom is -0.478 e. The second-order valence-corrected chi connectivity index (χ2v) is 11.4. The molecule has 2 amide bonds. The van der Waals surface area contributed by atoms with Gasteiger partial charge in [0.25, 0.3) is 11.8 Å². The fourth-order valence-electron chi connectivity index (χ4n) is 5.34. The van der Waals surface area contributed by atoms with E-state index in [1.807, 2.05) is 31.2 Å². The lowest BCUT2D eigenvalue weighted by Gasteiger charge is -2.41. The predicted molar refractivity (Wildman–Crippen MR) is 159 cm³/mol. The van der Waals surface area contributed by atoms with Crippen LogP contribution in [0.3, 0.4) is 0 Å². The maximum absolute atomic E-state index is 13.0. The van der Waals surface area contributed by atoms with Crippen LogP contribution >= 0.6 is 11.8 Å². The third-order valence-electron chi connectivity index (χ3n) is 7.73. The number of carboxylic acids is 1. The van der Waals surface area contributed by atoms with Crippen LogP contribution in [0.25, 0.3) is 0 Å². The van der Waals surface area contributed by atoms with E-state index < -0.39 is 12.3 Å². The maximum atomic E-state index is 13.0. The molecule has 10 heteroatoms. The molecule has 1 aromatic heterocycles. The molecule has 6 rings (SSSR count). The third kappa shape index (κ3) is 5.57. The predicted octanol–water partition coefficient (Wildman–Crippen LogP) is 5.66. The molecule has 218 valence electrons. The largest absolute Gasteiger partial charge is 0.478 e. The number of nitrogens with zero attached hydrogens (tertiary/aromatic N) is 2. The van der Waals surface area contributed by atoms with Crippen molar-refractivity contribution in [2.24, 2.45) is 5.92 Å². The van der Waals surface area contributed by atoms with Crippen molar-refractivity contribution in [1.82, 2.24) is 4.98 Å². The summed E-state index contributed by atoms with van der Waals surface area (Å²) in [5.41, 5.74) is 3.72. The highest BCUT2D eigenvalue weighted by Gasteiger charge is 2.39. The fraction of sp³-hybridized carbons (Fsp3) is 0.212. The molecular formula is C33H28N2O7S. The summed E-state index contributed by atoms with van der Waals surface area (Å²) in [6.07, 6.45) is 0.0811. The van der Waals surface area contributed by atoms with Gasteiger partial charge in [0, 0.05) is 23.4 Å². The van der Waals surface area contributed by atoms with Crippen LogP contribution in [0.1, 0.15) is 67.1 Å². The number of aromatic nitrogens is 1. The van der Waals surface area contributed by atoms with Crippen LogP contribution in [-0.2, 0) is 16.1 Å². The fourth-order valence-corrected chi connectivity index (χ4v) is 6.49. The first-order chi connectivity index (χ1) is 20.9. The third-order valence-corrected chi connectivity index (χ3v) is 8.82. The maximum Gasteiger partial charge on any atom is 0.338 e. The Morgan fingerprint density at radius 1 is 0.884 bits per heavy atom. The molecule has 1 saturated heterocycles. The van der Waals surface area contributed by atoms with Crippen LogP contribution in [0.2, 0.25) is 0 Å². The van der Waals surface area contributed by atoms with Gasteiger partial charge in [-0.25, -0.2) is 14.7 Å². The van der Waals surface area contributed by atoms with Gasteiger partial charge in [0.2, 0.25) is 0 Å². The number of benzene rings is 3. The molecule has 0 bridgehead atoms. The highest BCUT2D eigenvalue weighted by Crippen LogP contribution is 2.43. The molecule has 9 nitrogen and oxygen atoms in total. The van der Waals surface area contributed by atoms with Crippen molar-refractivity contribution in [3.8, 4) is 0 Å². The second-order valence-electron chi connectivity index (χ2n) is 10.4. The van der Waals surface area contributed by atoms with E-state index in [-0.39, 0.29) is 42.1 Å². The van der Waals surface area contributed by atoms with Gasteiger partial charge in [0.05, 0.1) is 41.2 Å². The summed E-state index contributed by atoms with van der Waals surface area (Å²) < 4.78 is 13.0. The summed E-state index contributed by atoms with van der Waals surface area (Å²) in [5.74, 6) is -1.47. The van der Waals surface area contributed by atoms with Crippen LogP contribution in [-0.4, -0.2) is 44.8 Å². The standard InChI is InChI=1S/C33H28N2O7S/c1-19-27(18-43-29-26(32(39)40)7-4-16-34-29)41-33(42-28(19)21-10-8-20(17-36)9-11-21)22-12-14-23(15-13-22)35-30(37)24-5-2-3-6-25(24)31(35)38/h2-16,19,27-28,33,36H,17-18H2,1H3,(H,39,40)/t19-,27+,28+,33+/m1/s1. The molecule has 0 unspecified atom stereocenters. The number of fused-ring (bicyclic) bond motifs is 1. The number of carboxylic acid groups (broad SMARTS) is 1. The molecule has 2 aliphatic rings. The van der Waals surface area contributed by atoms with E-state index in [1.54, 1.807) is 60.8 Å². The number of ether oxygens (including phenoxy) is 2. The molecule has 3 aromatic carbocycles. The van der Waals surface area contributed by atoms with Crippen molar-refractivity contribution in [3.05, 3.63) is 125 Å². The number of carbonyl (C=O) groups excluding carboxylic acids is 2. The first kappa shape index (κ1) is 28.8. The first-order valence-corrected chi connectivity index (χ1v) is 14.7. The number of thioether (sulfide) groups is 1. The average Bonchev–Trinajstić information content (AvgIpc) is 3.30. The van der Waals surface area contributed by atoms with Crippen LogP contribution in [0, 0.1) is 5.92 Å². The van der Waals surface area contributed by atoms with Crippen molar-refractivity contribution >= 4 is 35.2 Å². The van der Waals surface area contributed by atoms with Crippen molar-refractivity contribution in [3.63, 3.8) is 0 Å². The summed E-state index contributed by atoms with van der Waals surface area (Å²) in [6, 6.07) is 24.4. The molecule has 1 fully saturated rings. The molecule has 0 radical (unpaired) electrons. The lowest BCUT2D eigenvalue weighted by molar-refractivity contribution is -0.268. The Labute approximate surface area is 252 Å². The zero-order chi connectivity index (χ0) is 30.1. The summed E-state index contributed by atoms with van der Waals surface area (Å²) in [4.78, 5) is 43.1. The molecule has 0 aliphatic carbocycles. The molecule has 2 N–H and O–H groups in total. The minimum absolute atomic E-state index is 0.0677. The molecule has 0 spiro atoms. The van der Waals surface area contributed by atoms with Gasteiger partial charge < -0.3 is 19.7 Å². The van der Waals surface area contributed by atoms with Gasteiger partial charge in [-0.3, -0.25) is 9.59 Å². The van der Waals surface area contributed by atoms with Crippen LogP contribution in [0.5, 0.6) is 0 Å². The van der Waals surface area contributed by atoms with E-state index in [4.69, 9.17) is 9.47 Å². The number of rotatable bonds is 8.